The van der Waals surface area contributed by atoms with E-state index < -0.39 is 0 Å². The Morgan fingerprint density at radius 1 is 0.968 bits per heavy atom. The normalized spacial score (nSPS) is 16.9. The Labute approximate surface area is 187 Å². The minimum atomic E-state index is 0.152. The van der Waals surface area contributed by atoms with Crippen molar-refractivity contribution in [2.45, 2.75) is 62.2 Å². The number of pyridine rings is 1. The third kappa shape index (κ3) is 4.51. The number of amides is 1. The predicted octanol–water partition coefficient (Wildman–Crippen LogP) is 5.13. The van der Waals surface area contributed by atoms with Gasteiger partial charge in [-0.15, -0.1) is 10.2 Å². The summed E-state index contributed by atoms with van der Waals surface area (Å²) in [6, 6.07) is 14.8. The molecule has 2 aromatic heterocycles. The standard InChI is InChI=1S/C24H27N5OS/c30-22(28(19-7-3-1-4-8-19)20-9-5-2-6-10-20)17-31-24-27-26-23(29(24)21-11-12-21)18-13-15-25-16-14-18/h1,3-4,7-8,13-16,20-21H,2,5-6,9-12,17H2. The van der Waals surface area contributed by atoms with Gasteiger partial charge in [0.15, 0.2) is 11.0 Å². The van der Waals surface area contributed by atoms with E-state index in [0.29, 0.717) is 11.8 Å². The zero-order valence-electron chi connectivity index (χ0n) is 17.6. The molecule has 0 saturated heterocycles. The van der Waals surface area contributed by atoms with Crippen molar-refractivity contribution in [2.75, 3.05) is 10.7 Å². The molecule has 160 valence electrons. The number of anilines is 1. The van der Waals surface area contributed by atoms with Gasteiger partial charge in [-0.3, -0.25) is 14.3 Å². The molecule has 2 fully saturated rings. The van der Waals surface area contributed by atoms with E-state index in [9.17, 15) is 4.79 Å². The maximum absolute atomic E-state index is 13.4. The highest BCUT2D eigenvalue weighted by molar-refractivity contribution is 7.99. The molecule has 0 unspecified atom stereocenters. The van der Waals surface area contributed by atoms with E-state index in [1.807, 2.05) is 47.4 Å². The highest BCUT2D eigenvalue weighted by Gasteiger charge is 2.31. The fourth-order valence-electron chi connectivity index (χ4n) is 4.42. The van der Waals surface area contributed by atoms with Crippen molar-refractivity contribution in [3.63, 3.8) is 0 Å². The van der Waals surface area contributed by atoms with Crippen LogP contribution < -0.4 is 4.90 Å². The van der Waals surface area contributed by atoms with E-state index in [0.717, 1.165) is 47.9 Å². The second-order valence-corrected chi connectivity index (χ2v) is 9.27. The molecular weight excluding hydrogens is 406 g/mol. The molecular formula is C24H27N5OS. The van der Waals surface area contributed by atoms with Gasteiger partial charge in [-0.1, -0.05) is 49.2 Å². The van der Waals surface area contributed by atoms with Gasteiger partial charge in [0.25, 0.3) is 0 Å². The summed E-state index contributed by atoms with van der Waals surface area (Å²) in [4.78, 5) is 19.6. The molecule has 0 spiro atoms. The zero-order valence-corrected chi connectivity index (χ0v) is 18.4. The van der Waals surface area contributed by atoms with Gasteiger partial charge in [0.1, 0.15) is 0 Å². The Hall–Kier alpha value is -2.67. The number of hydrogen-bond donors (Lipinski definition) is 0. The van der Waals surface area contributed by atoms with Crippen molar-refractivity contribution < 1.29 is 4.79 Å². The van der Waals surface area contributed by atoms with Crippen LogP contribution in [0.5, 0.6) is 0 Å². The fourth-order valence-corrected chi connectivity index (χ4v) is 5.28. The first-order chi connectivity index (χ1) is 15.3. The van der Waals surface area contributed by atoms with Crippen LogP contribution in [0.1, 0.15) is 51.0 Å². The average molecular weight is 434 g/mol. The molecule has 0 radical (unpaired) electrons. The molecule has 2 aliphatic rings. The summed E-state index contributed by atoms with van der Waals surface area (Å²) in [5.74, 6) is 1.39. The summed E-state index contributed by atoms with van der Waals surface area (Å²) >= 11 is 1.51. The molecule has 3 aromatic rings. The first kappa shape index (κ1) is 20.2. The predicted molar refractivity (Wildman–Crippen MR) is 123 cm³/mol. The molecule has 6 nitrogen and oxygen atoms in total. The van der Waals surface area contributed by atoms with Crippen molar-refractivity contribution in [3.8, 4) is 11.4 Å². The van der Waals surface area contributed by atoms with Crippen LogP contribution in [-0.2, 0) is 4.79 Å². The van der Waals surface area contributed by atoms with Crippen molar-refractivity contribution in [1.29, 1.82) is 0 Å². The molecule has 0 atom stereocenters. The Morgan fingerprint density at radius 3 is 2.42 bits per heavy atom. The van der Waals surface area contributed by atoms with Crippen molar-refractivity contribution in [1.82, 2.24) is 19.7 Å². The summed E-state index contributed by atoms with van der Waals surface area (Å²) in [6.45, 7) is 0. The molecule has 1 aromatic carbocycles. The maximum atomic E-state index is 13.4. The number of rotatable bonds is 7. The van der Waals surface area contributed by atoms with Gasteiger partial charge in [-0.2, -0.15) is 0 Å². The molecule has 2 saturated carbocycles. The van der Waals surface area contributed by atoms with Crippen molar-refractivity contribution >= 4 is 23.4 Å². The lowest BCUT2D eigenvalue weighted by molar-refractivity contribution is -0.116. The summed E-state index contributed by atoms with van der Waals surface area (Å²) in [5.41, 5.74) is 2.02. The molecule has 0 aliphatic heterocycles. The molecule has 0 bridgehead atoms. The molecule has 2 aliphatic carbocycles. The quantitative estimate of drug-likeness (QED) is 0.483. The number of thioether (sulfide) groups is 1. The van der Waals surface area contributed by atoms with Gasteiger partial charge in [-0.25, -0.2) is 0 Å². The number of carbonyl (C=O) groups is 1. The van der Waals surface area contributed by atoms with Crippen LogP contribution >= 0.6 is 11.8 Å². The summed E-state index contributed by atoms with van der Waals surface area (Å²) < 4.78 is 2.21. The van der Waals surface area contributed by atoms with E-state index in [1.165, 1.54) is 31.0 Å². The van der Waals surface area contributed by atoms with Crippen molar-refractivity contribution in [2.24, 2.45) is 0 Å². The number of benzene rings is 1. The van der Waals surface area contributed by atoms with Crippen molar-refractivity contribution in [3.05, 3.63) is 54.9 Å². The fraction of sp³-hybridized carbons (Fsp3) is 0.417. The number of nitrogens with zero attached hydrogens (tertiary/aromatic N) is 5. The van der Waals surface area contributed by atoms with Crippen LogP contribution in [0.25, 0.3) is 11.4 Å². The van der Waals surface area contributed by atoms with E-state index >= 15 is 0 Å². The minimum Gasteiger partial charge on any atom is -0.309 e. The second-order valence-electron chi connectivity index (χ2n) is 8.32. The summed E-state index contributed by atoms with van der Waals surface area (Å²) in [7, 11) is 0. The Morgan fingerprint density at radius 2 is 1.71 bits per heavy atom. The number of carbonyl (C=O) groups excluding carboxylic acids is 1. The smallest absolute Gasteiger partial charge is 0.237 e. The van der Waals surface area contributed by atoms with Crippen LogP contribution in [-0.4, -0.2) is 37.5 Å². The van der Waals surface area contributed by atoms with Gasteiger partial charge in [-0.05, 0) is 49.9 Å². The third-order valence-electron chi connectivity index (χ3n) is 6.08. The first-order valence-corrected chi connectivity index (χ1v) is 12.1. The average Bonchev–Trinajstić information content (AvgIpc) is 3.58. The van der Waals surface area contributed by atoms with E-state index in [-0.39, 0.29) is 11.9 Å². The van der Waals surface area contributed by atoms with Crippen LogP contribution in [0.3, 0.4) is 0 Å². The zero-order chi connectivity index (χ0) is 21.0. The van der Waals surface area contributed by atoms with Crippen LogP contribution in [0.15, 0.2) is 60.0 Å². The molecule has 7 heteroatoms. The first-order valence-electron chi connectivity index (χ1n) is 11.2. The molecule has 1 amide bonds. The lowest BCUT2D eigenvalue weighted by Gasteiger charge is -2.34. The van der Waals surface area contributed by atoms with Crippen LogP contribution in [0, 0.1) is 0 Å². The SMILES string of the molecule is O=C(CSc1nnc(-c2ccncc2)n1C1CC1)N(c1ccccc1)C1CCCCC1. The van der Waals surface area contributed by atoms with Gasteiger partial charge in [0.05, 0.1) is 5.75 Å². The Balaban J connectivity index is 1.36. The number of hydrogen-bond acceptors (Lipinski definition) is 5. The van der Waals surface area contributed by atoms with Gasteiger partial charge in [0.2, 0.25) is 5.91 Å². The minimum absolute atomic E-state index is 0.152. The monoisotopic (exact) mass is 433 g/mol. The number of aromatic nitrogens is 4. The van der Waals surface area contributed by atoms with Gasteiger partial charge < -0.3 is 4.90 Å². The Bertz CT molecular complexity index is 1010. The largest absolute Gasteiger partial charge is 0.309 e. The maximum Gasteiger partial charge on any atom is 0.237 e. The lowest BCUT2D eigenvalue weighted by Crippen LogP contribution is -2.42. The highest BCUT2D eigenvalue weighted by Crippen LogP contribution is 2.41. The molecule has 0 N–H and O–H groups in total. The van der Waals surface area contributed by atoms with Gasteiger partial charge in [0, 0.05) is 35.7 Å². The van der Waals surface area contributed by atoms with Gasteiger partial charge >= 0.3 is 0 Å². The van der Waals surface area contributed by atoms with E-state index in [4.69, 9.17) is 0 Å². The highest BCUT2D eigenvalue weighted by atomic mass is 32.2. The summed E-state index contributed by atoms with van der Waals surface area (Å²) in [5, 5.41) is 9.75. The topological polar surface area (TPSA) is 63.9 Å². The molecule has 2 heterocycles. The van der Waals surface area contributed by atoms with Crippen LogP contribution in [0.4, 0.5) is 5.69 Å². The Kier molecular flexibility index (Phi) is 6.02. The second kappa shape index (κ2) is 9.22. The summed E-state index contributed by atoms with van der Waals surface area (Å²) in [6.07, 6.45) is 11.6. The number of para-hydroxylation sites is 1. The molecule has 31 heavy (non-hydrogen) atoms. The molecule has 5 rings (SSSR count). The van der Waals surface area contributed by atoms with Crippen LogP contribution in [0.2, 0.25) is 0 Å². The third-order valence-corrected chi connectivity index (χ3v) is 7.01. The van der Waals surface area contributed by atoms with E-state index in [2.05, 4.69) is 19.7 Å². The lowest BCUT2D eigenvalue weighted by atomic mass is 9.93. The van der Waals surface area contributed by atoms with E-state index in [1.54, 1.807) is 12.4 Å².